The number of nitrogens with one attached hydrogen (secondary N) is 1. The molecule has 1 fully saturated rings. The van der Waals surface area contributed by atoms with E-state index in [4.69, 9.17) is 0 Å². The maximum absolute atomic E-state index is 3.30. The molecule has 0 amide bonds. The summed E-state index contributed by atoms with van der Waals surface area (Å²) in [5.41, 5.74) is 2.87. The van der Waals surface area contributed by atoms with Crippen molar-refractivity contribution in [1.82, 2.24) is 10.2 Å². The van der Waals surface area contributed by atoms with Gasteiger partial charge in [0.15, 0.2) is 0 Å². The summed E-state index contributed by atoms with van der Waals surface area (Å²) in [5, 5.41) is 3.30. The maximum atomic E-state index is 3.30. The smallest absolute Gasteiger partial charge is 0.0227 e. The highest BCUT2D eigenvalue weighted by Gasteiger charge is 2.18. The van der Waals surface area contributed by atoms with Crippen LogP contribution in [0.25, 0.3) is 0 Å². The summed E-state index contributed by atoms with van der Waals surface area (Å²) in [4.78, 5) is 2.19. The largest absolute Gasteiger partial charge is 0.315 e. The van der Waals surface area contributed by atoms with Crippen molar-refractivity contribution < 1.29 is 0 Å². The zero-order chi connectivity index (χ0) is 9.97. The fourth-order valence-electron chi connectivity index (χ4n) is 1.78. The molecular weight excluding hydrogens is 172 g/mol. The van der Waals surface area contributed by atoms with Crippen molar-refractivity contribution >= 4 is 0 Å². The quantitative estimate of drug-likeness (QED) is 0.776. The minimum absolute atomic E-state index is 0.753. The average Bonchev–Trinajstić information content (AvgIpc) is 2.04. The number of benzene rings is 1. The van der Waals surface area contributed by atoms with Gasteiger partial charge in [-0.2, -0.15) is 0 Å². The van der Waals surface area contributed by atoms with Crippen LogP contribution in [0.1, 0.15) is 17.0 Å². The van der Waals surface area contributed by atoms with Crippen LogP contribution in [0, 0.1) is 0 Å². The Bertz CT molecular complexity index is 286. The molecule has 1 aromatic carbocycles. The van der Waals surface area contributed by atoms with E-state index in [1.807, 2.05) is 0 Å². The van der Waals surface area contributed by atoms with E-state index >= 15 is 0 Å². The zero-order valence-corrected chi connectivity index (χ0v) is 8.96. The van der Waals surface area contributed by atoms with Crippen molar-refractivity contribution in [3.8, 4) is 0 Å². The molecule has 1 saturated heterocycles. The van der Waals surface area contributed by atoms with Gasteiger partial charge < -0.3 is 10.2 Å². The first-order valence-corrected chi connectivity index (χ1v) is 5.20. The van der Waals surface area contributed by atoms with Gasteiger partial charge in [0.2, 0.25) is 0 Å². The normalized spacial score (nSPS) is 17.1. The molecule has 14 heavy (non-hydrogen) atoms. The Morgan fingerprint density at radius 1 is 1.21 bits per heavy atom. The summed E-state index contributed by atoms with van der Waals surface area (Å²) in [6, 6.07) is 9.02. The fraction of sp³-hybridized carbons (Fsp3) is 0.500. The van der Waals surface area contributed by atoms with Crippen LogP contribution in [0.5, 0.6) is 0 Å². The van der Waals surface area contributed by atoms with Crippen molar-refractivity contribution in [2.75, 3.05) is 27.2 Å². The third-order valence-electron chi connectivity index (χ3n) is 2.73. The molecule has 1 heterocycles. The molecule has 0 spiro atoms. The Kier molecular flexibility index (Phi) is 2.85. The van der Waals surface area contributed by atoms with Gasteiger partial charge in [-0.1, -0.05) is 24.3 Å². The highest BCUT2D eigenvalue weighted by Crippen LogP contribution is 2.20. The van der Waals surface area contributed by atoms with Crippen LogP contribution in [0.4, 0.5) is 0 Å². The minimum Gasteiger partial charge on any atom is -0.315 e. The lowest BCUT2D eigenvalue weighted by atomic mass is 9.93. The first kappa shape index (κ1) is 9.69. The van der Waals surface area contributed by atoms with Crippen LogP contribution >= 0.6 is 0 Å². The van der Waals surface area contributed by atoms with Gasteiger partial charge in [0.05, 0.1) is 0 Å². The maximum Gasteiger partial charge on any atom is 0.0227 e. The molecule has 1 N–H and O–H groups in total. The Balaban J connectivity index is 2.02. The van der Waals surface area contributed by atoms with Crippen LogP contribution in [0.3, 0.4) is 0 Å². The van der Waals surface area contributed by atoms with Gasteiger partial charge >= 0.3 is 0 Å². The van der Waals surface area contributed by atoms with E-state index in [1.54, 1.807) is 0 Å². The Morgan fingerprint density at radius 2 is 1.86 bits per heavy atom. The lowest BCUT2D eigenvalue weighted by Crippen LogP contribution is -2.39. The second-order valence-electron chi connectivity index (χ2n) is 4.33. The number of hydrogen-bond acceptors (Lipinski definition) is 2. The standard InChI is InChI=1S/C12H18N2/c1-14(2)9-10-3-5-11(6-4-10)12-7-13-8-12/h3-6,12-13H,7-9H2,1-2H3. The molecule has 0 unspecified atom stereocenters. The third-order valence-corrected chi connectivity index (χ3v) is 2.73. The summed E-state index contributed by atoms with van der Waals surface area (Å²) in [6.45, 7) is 3.32. The molecule has 1 aromatic rings. The molecule has 2 heteroatoms. The van der Waals surface area contributed by atoms with Crippen molar-refractivity contribution in [2.45, 2.75) is 12.5 Å². The second-order valence-corrected chi connectivity index (χ2v) is 4.33. The van der Waals surface area contributed by atoms with Gasteiger partial charge in [-0.15, -0.1) is 0 Å². The van der Waals surface area contributed by atoms with Gasteiger partial charge in [0, 0.05) is 25.6 Å². The van der Waals surface area contributed by atoms with Crippen molar-refractivity contribution in [2.24, 2.45) is 0 Å². The molecule has 0 saturated carbocycles. The van der Waals surface area contributed by atoms with Crippen LogP contribution in [0.2, 0.25) is 0 Å². The highest BCUT2D eigenvalue weighted by atomic mass is 15.0. The minimum atomic E-state index is 0.753. The lowest BCUT2D eigenvalue weighted by molar-refractivity contribution is 0.402. The average molecular weight is 190 g/mol. The van der Waals surface area contributed by atoms with E-state index in [0.29, 0.717) is 0 Å². The predicted molar refractivity (Wildman–Crippen MR) is 59.4 cm³/mol. The number of nitrogens with zero attached hydrogens (tertiary/aromatic N) is 1. The molecule has 76 valence electrons. The summed E-state index contributed by atoms with van der Waals surface area (Å²) in [5.74, 6) is 0.753. The van der Waals surface area contributed by atoms with Crippen LogP contribution < -0.4 is 5.32 Å². The topological polar surface area (TPSA) is 15.3 Å². The second kappa shape index (κ2) is 4.11. The number of rotatable bonds is 3. The van der Waals surface area contributed by atoms with Crippen molar-refractivity contribution in [3.05, 3.63) is 35.4 Å². The van der Waals surface area contributed by atoms with Crippen molar-refractivity contribution in [3.63, 3.8) is 0 Å². The van der Waals surface area contributed by atoms with Gasteiger partial charge in [-0.25, -0.2) is 0 Å². The Hall–Kier alpha value is -0.860. The molecule has 0 aromatic heterocycles. The molecular formula is C12H18N2. The Morgan fingerprint density at radius 3 is 2.29 bits per heavy atom. The van der Waals surface area contributed by atoms with E-state index in [0.717, 1.165) is 25.6 Å². The fourth-order valence-corrected chi connectivity index (χ4v) is 1.78. The molecule has 2 nitrogen and oxygen atoms in total. The molecule has 2 rings (SSSR count). The van der Waals surface area contributed by atoms with Gasteiger partial charge in [0.1, 0.15) is 0 Å². The van der Waals surface area contributed by atoms with E-state index in [1.165, 1.54) is 11.1 Å². The van der Waals surface area contributed by atoms with Crippen LogP contribution in [0.15, 0.2) is 24.3 Å². The first-order valence-electron chi connectivity index (χ1n) is 5.20. The molecule has 1 aliphatic heterocycles. The summed E-state index contributed by atoms with van der Waals surface area (Å²) < 4.78 is 0. The van der Waals surface area contributed by atoms with E-state index < -0.39 is 0 Å². The predicted octanol–water partition coefficient (Wildman–Crippen LogP) is 1.44. The molecule has 0 bridgehead atoms. The lowest BCUT2D eigenvalue weighted by Gasteiger charge is -2.27. The summed E-state index contributed by atoms with van der Waals surface area (Å²) in [6.07, 6.45) is 0. The van der Waals surface area contributed by atoms with Crippen LogP contribution in [-0.2, 0) is 6.54 Å². The summed E-state index contributed by atoms with van der Waals surface area (Å²) >= 11 is 0. The van der Waals surface area contributed by atoms with Crippen molar-refractivity contribution in [1.29, 1.82) is 0 Å². The summed E-state index contributed by atoms with van der Waals surface area (Å²) in [7, 11) is 4.20. The monoisotopic (exact) mass is 190 g/mol. The molecule has 0 radical (unpaired) electrons. The SMILES string of the molecule is CN(C)Cc1ccc(C2CNC2)cc1. The van der Waals surface area contributed by atoms with E-state index in [-0.39, 0.29) is 0 Å². The zero-order valence-electron chi connectivity index (χ0n) is 8.96. The van der Waals surface area contributed by atoms with Gasteiger partial charge in [0.25, 0.3) is 0 Å². The number of hydrogen-bond donors (Lipinski definition) is 1. The Labute approximate surface area is 85.9 Å². The van der Waals surface area contributed by atoms with Gasteiger partial charge in [-0.05, 0) is 25.2 Å². The highest BCUT2D eigenvalue weighted by molar-refractivity contribution is 5.27. The molecule has 0 aliphatic carbocycles. The molecule has 1 aliphatic rings. The molecule has 0 atom stereocenters. The van der Waals surface area contributed by atoms with E-state index in [9.17, 15) is 0 Å². The first-order chi connectivity index (χ1) is 6.75. The third kappa shape index (κ3) is 2.14. The van der Waals surface area contributed by atoms with E-state index in [2.05, 4.69) is 48.6 Å². The van der Waals surface area contributed by atoms with Crippen LogP contribution in [-0.4, -0.2) is 32.1 Å². The van der Waals surface area contributed by atoms with Gasteiger partial charge in [-0.3, -0.25) is 0 Å².